The maximum atomic E-state index is 6.12. The average molecular weight is 270 g/mol. The molecule has 1 unspecified atom stereocenters. The fraction of sp³-hybridized carbons (Fsp3) is 0.500. The van der Waals surface area contributed by atoms with Crippen LogP contribution in [0.5, 0.6) is 5.75 Å². The van der Waals surface area contributed by atoms with Crippen molar-refractivity contribution in [1.29, 1.82) is 0 Å². The minimum Gasteiger partial charge on any atom is -0.490 e. The Morgan fingerprint density at radius 3 is 3.07 bits per heavy atom. The Hall–Kier alpha value is -0.540. The van der Waals surface area contributed by atoms with Crippen molar-refractivity contribution in [3.05, 3.63) is 28.2 Å². The van der Waals surface area contributed by atoms with Crippen molar-refractivity contribution in [2.75, 3.05) is 0 Å². The Bertz CT molecular complexity index is 353. The van der Waals surface area contributed by atoms with E-state index in [1.807, 2.05) is 18.2 Å². The van der Waals surface area contributed by atoms with Gasteiger partial charge in [0, 0.05) is 22.5 Å². The van der Waals surface area contributed by atoms with Crippen LogP contribution < -0.4 is 10.5 Å². The van der Waals surface area contributed by atoms with Crippen molar-refractivity contribution in [1.82, 2.24) is 0 Å². The van der Waals surface area contributed by atoms with Gasteiger partial charge < -0.3 is 10.5 Å². The first kappa shape index (κ1) is 11.0. The Balaban J connectivity index is 2.25. The summed E-state index contributed by atoms with van der Waals surface area (Å²) in [4.78, 5) is 0. The highest BCUT2D eigenvalue weighted by atomic mass is 79.9. The van der Waals surface area contributed by atoms with Crippen LogP contribution in [0, 0.1) is 0 Å². The van der Waals surface area contributed by atoms with Crippen LogP contribution in [0.25, 0.3) is 0 Å². The van der Waals surface area contributed by atoms with E-state index < -0.39 is 0 Å². The molecule has 15 heavy (non-hydrogen) atoms. The molecular weight excluding hydrogens is 254 g/mol. The number of halogens is 1. The highest BCUT2D eigenvalue weighted by Crippen LogP contribution is 2.36. The minimum absolute atomic E-state index is 0.124. The fourth-order valence-corrected chi connectivity index (χ4v) is 2.39. The van der Waals surface area contributed by atoms with Gasteiger partial charge in [0.05, 0.1) is 0 Å². The molecular formula is C12H16BrNO. The first-order valence-electron chi connectivity index (χ1n) is 5.42. The van der Waals surface area contributed by atoms with Gasteiger partial charge in [0.25, 0.3) is 0 Å². The number of benzene rings is 1. The van der Waals surface area contributed by atoms with Gasteiger partial charge >= 0.3 is 0 Å². The molecule has 0 amide bonds. The third-order valence-corrected chi connectivity index (χ3v) is 3.29. The lowest BCUT2D eigenvalue weighted by molar-refractivity contribution is 0.149. The van der Waals surface area contributed by atoms with Crippen LogP contribution in [-0.2, 0) is 0 Å². The molecule has 0 fully saturated rings. The van der Waals surface area contributed by atoms with E-state index in [1.165, 1.54) is 0 Å². The molecule has 3 heteroatoms. The van der Waals surface area contributed by atoms with E-state index in [0.29, 0.717) is 0 Å². The van der Waals surface area contributed by atoms with Crippen molar-refractivity contribution < 1.29 is 4.74 Å². The van der Waals surface area contributed by atoms with E-state index in [1.54, 1.807) is 0 Å². The van der Waals surface area contributed by atoms with E-state index in [-0.39, 0.29) is 12.1 Å². The Labute approximate surface area is 98.9 Å². The number of ether oxygens (including phenoxy) is 1. The molecule has 2 atom stereocenters. The molecule has 1 aromatic carbocycles. The lowest BCUT2D eigenvalue weighted by Crippen LogP contribution is -2.29. The van der Waals surface area contributed by atoms with Gasteiger partial charge in [0.2, 0.25) is 0 Å². The van der Waals surface area contributed by atoms with Gasteiger partial charge in [-0.25, -0.2) is 0 Å². The molecule has 0 saturated carbocycles. The van der Waals surface area contributed by atoms with Crippen molar-refractivity contribution in [3.8, 4) is 5.75 Å². The van der Waals surface area contributed by atoms with Crippen LogP contribution in [0.1, 0.15) is 37.8 Å². The topological polar surface area (TPSA) is 35.2 Å². The standard InChI is InChI=1S/C12H16BrNO/c1-2-3-9-7-11(14)10-5-4-8(13)6-12(10)15-9/h4-6,9,11H,2-3,7,14H2,1H3/t9?,11-/m1/s1. The summed E-state index contributed by atoms with van der Waals surface area (Å²) in [6, 6.07) is 6.20. The highest BCUT2D eigenvalue weighted by Gasteiger charge is 2.25. The quantitative estimate of drug-likeness (QED) is 0.893. The summed E-state index contributed by atoms with van der Waals surface area (Å²) < 4.78 is 6.96. The predicted octanol–water partition coefficient (Wildman–Crippen LogP) is 3.40. The number of rotatable bonds is 2. The van der Waals surface area contributed by atoms with Gasteiger partial charge in [-0.15, -0.1) is 0 Å². The fourth-order valence-electron chi connectivity index (χ4n) is 2.05. The second-order valence-electron chi connectivity index (χ2n) is 4.05. The van der Waals surface area contributed by atoms with Gasteiger partial charge in [-0.05, 0) is 18.6 Å². The van der Waals surface area contributed by atoms with Crippen LogP contribution >= 0.6 is 15.9 Å². The monoisotopic (exact) mass is 269 g/mol. The Kier molecular flexibility index (Phi) is 3.32. The molecule has 0 aromatic heterocycles. The Morgan fingerprint density at radius 2 is 2.33 bits per heavy atom. The first-order valence-corrected chi connectivity index (χ1v) is 6.21. The normalized spacial score (nSPS) is 24.5. The molecule has 2 rings (SSSR count). The van der Waals surface area contributed by atoms with E-state index in [0.717, 1.165) is 35.0 Å². The minimum atomic E-state index is 0.124. The van der Waals surface area contributed by atoms with E-state index >= 15 is 0 Å². The van der Waals surface area contributed by atoms with Crippen molar-refractivity contribution >= 4 is 15.9 Å². The zero-order valence-electron chi connectivity index (χ0n) is 8.87. The average Bonchev–Trinajstić information content (AvgIpc) is 2.17. The third kappa shape index (κ3) is 2.34. The summed E-state index contributed by atoms with van der Waals surface area (Å²) in [5, 5.41) is 0. The van der Waals surface area contributed by atoms with E-state index in [9.17, 15) is 0 Å². The number of hydrogen-bond donors (Lipinski definition) is 1. The largest absolute Gasteiger partial charge is 0.490 e. The summed E-state index contributed by atoms with van der Waals surface area (Å²) in [6.07, 6.45) is 3.44. The number of nitrogens with two attached hydrogens (primary N) is 1. The molecule has 1 aromatic rings. The molecule has 1 aliphatic rings. The van der Waals surface area contributed by atoms with Gasteiger partial charge in [0.15, 0.2) is 0 Å². The van der Waals surface area contributed by atoms with Crippen LogP contribution in [-0.4, -0.2) is 6.10 Å². The molecule has 0 bridgehead atoms. The highest BCUT2D eigenvalue weighted by molar-refractivity contribution is 9.10. The SMILES string of the molecule is CCCC1C[C@@H](N)c2ccc(Br)cc2O1. The lowest BCUT2D eigenvalue weighted by Gasteiger charge is -2.30. The maximum Gasteiger partial charge on any atom is 0.125 e. The van der Waals surface area contributed by atoms with Gasteiger partial charge in [-0.3, -0.25) is 0 Å². The summed E-state index contributed by atoms with van der Waals surface area (Å²) in [7, 11) is 0. The van der Waals surface area contributed by atoms with Crippen LogP contribution in [0.4, 0.5) is 0 Å². The third-order valence-electron chi connectivity index (χ3n) is 2.80. The summed E-state index contributed by atoms with van der Waals surface area (Å²) in [5.41, 5.74) is 7.25. The smallest absolute Gasteiger partial charge is 0.125 e. The maximum absolute atomic E-state index is 6.12. The molecule has 2 N–H and O–H groups in total. The van der Waals surface area contributed by atoms with Gasteiger partial charge in [-0.2, -0.15) is 0 Å². The second kappa shape index (κ2) is 4.54. The molecule has 0 saturated heterocycles. The summed E-state index contributed by atoms with van der Waals surface area (Å²) >= 11 is 3.45. The van der Waals surface area contributed by atoms with E-state index in [2.05, 4.69) is 22.9 Å². The number of hydrogen-bond acceptors (Lipinski definition) is 2. The zero-order valence-corrected chi connectivity index (χ0v) is 10.5. The molecule has 0 spiro atoms. The lowest BCUT2D eigenvalue weighted by atomic mass is 9.95. The van der Waals surface area contributed by atoms with Crippen LogP contribution in [0.3, 0.4) is 0 Å². The van der Waals surface area contributed by atoms with Gasteiger partial charge in [0.1, 0.15) is 11.9 Å². The molecule has 82 valence electrons. The molecule has 2 nitrogen and oxygen atoms in total. The second-order valence-corrected chi connectivity index (χ2v) is 4.97. The van der Waals surface area contributed by atoms with Crippen molar-refractivity contribution in [2.45, 2.75) is 38.3 Å². The van der Waals surface area contributed by atoms with Gasteiger partial charge in [-0.1, -0.05) is 35.3 Å². The molecule has 1 heterocycles. The summed E-state index contributed by atoms with van der Waals surface area (Å²) in [5.74, 6) is 0.946. The van der Waals surface area contributed by atoms with Crippen molar-refractivity contribution in [3.63, 3.8) is 0 Å². The predicted molar refractivity (Wildman–Crippen MR) is 65.0 cm³/mol. The molecule has 0 aliphatic carbocycles. The molecule has 0 radical (unpaired) electrons. The first-order chi connectivity index (χ1) is 7.20. The van der Waals surface area contributed by atoms with Crippen molar-refractivity contribution in [2.24, 2.45) is 5.73 Å². The number of fused-ring (bicyclic) bond motifs is 1. The Morgan fingerprint density at radius 1 is 1.53 bits per heavy atom. The van der Waals surface area contributed by atoms with Crippen LogP contribution in [0.2, 0.25) is 0 Å². The van der Waals surface area contributed by atoms with E-state index in [4.69, 9.17) is 10.5 Å². The van der Waals surface area contributed by atoms with Crippen LogP contribution in [0.15, 0.2) is 22.7 Å². The zero-order chi connectivity index (χ0) is 10.8. The summed E-state index contributed by atoms with van der Waals surface area (Å²) in [6.45, 7) is 2.17. The molecule has 1 aliphatic heterocycles.